The molecule has 1 aliphatic heterocycles. The molecule has 1 aliphatic rings. The number of hydrogen-bond acceptors (Lipinski definition) is 4. The molecule has 0 spiro atoms. The molecular weight excluding hydrogens is 264 g/mol. The molecule has 1 fully saturated rings. The Balaban J connectivity index is 2.29. The number of esters is 1. The monoisotopic (exact) mass is 290 g/mol. The summed E-state index contributed by atoms with van der Waals surface area (Å²) in [6, 6.07) is 8.13. The second kappa shape index (κ2) is 6.16. The second-order valence-electron chi connectivity index (χ2n) is 6.78. The highest BCUT2D eigenvalue weighted by Crippen LogP contribution is 2.37. The fraction of sp³-hybridized carbons (Fsp3) is 0.588. The number of nitrogens with one attached hydrogen (secondary N) is 1. The summed E-state index contributed by atoms with van der Waals surface area (Å²) in [6.07, 6.45) is 1.60. The van der Waals surface area contributed by atoms with Crippen LogP contribution in [0.3, 0.4) is 0 Å². The smallest absolute Gasteiger partial charge is 0.312 e. The molecule has 0 aromatic heterocycles. The summed E-state index contributed by atoms with van der Waals surface area (Å²) in [7, 11) is 0. The van der Waals surface area contributed by atoms with Crippen molar-refractivity contribution in [3.63, 3.8) is 0 Å². The Morgan fingerprint density at radius 2 is 1.81 bits per heavy atom. The molecule has 4 nitrogen and oxygen atoms in total. The molecule has 0 radical (unpaired) electrons. The largest absolute Gasteiger partial charge is 0.454 e. The predicted octanol–water partition coefficient (Wildman–Crippen LogP) is 2.31. The van der Waals surface area contributed by atoms with Crippen LogP contribution in [0.4, 0.5) is 0 Å². The Kier molecular flexibility index (Phi) is 4.69. The van der Waals surface area contributed by atoms with Crippen molar-refractivity contribution < 1.29 is 9.53 Å². The number of piperidine rings is 1. The zero-order valence-corrected chi connectivity index (χ0v) is 13.2. The van der Waals surface area contributed by atoms with Crippen LogP contribution in [-0.2, 0) is 21.7 Å². The standard InChI is InChI=1S/C17H26N2O2/c1-16(2,3)15(20)21-17(8-10-19-11-9-17)14-6-4-13(12-18)5-7-14/h4-7,19H,8-12,18H2,1-3H3. The van der Waals surface area contributed by atoms with Gasteiger partial charge >= 0.3 is 5.97 Å². The number of nitrogens with two attached hydrogens (primary N) is 1. The number of benzene rings is 1. The van der Waals surface area contributed by atoms with Gasteiger partial charge in [0.1, 0.15) is 5.60 Å². The van der Waals surface area contributed by atoms with E-state index in [9.17, 15) is 4.79 Å². The van der Waals surface area contributed by atoms with Crippen LogP contribution in [0.25, 0.3) is 0 Å². The van der Waals surface area contributed by atoms with Crippen molar-refractivity contribution >= 4 is 5.97 Å². The van der Waals surface area contributed by atoms with Gasteiger partial charge in [-0.25, -0.2) is 0 Å². The molecule has 1 aromatic carbocycles. The molecule has 0 aliphatic carbocycles. The van der Waals surface area contributed by atoms with Crippen molar-refractivity contribution in [2.75, 3.05) is 13.1 Å². The van der Waals surface area contributed by atoms with Gasteiger partial charge in [0.25, 0.3) is 0 Å². The van der Waals surface area contributed by atoms with E-state index < -0.39 is 11.0 Å². The molecule has 3 N–H and O–H groups in total. The van der Waals surface area contributed by atoms with E-state index in [0.717, 1.165) is 37.1 Å². The van der Waals surface area contributed by atoms with Crippen LogP contribution in [0.2, 0.25) is 0 Å². The van der Waals surface area contributed by atoms with E-state index in [1.54, 1.807) is 0 Å². The van der Waals surface area contributed by atoms with E-state index in [1.807, 2.05) is 45.0 Å². The molecule has 0 unspecified atom stereocenters. The summed E-state index contributed by atoms with van der Waals surface area (Å²) in [5, 5.41) is 3.33. The number of carbonyl (C=O) groups is 1. The van der Waals surface area contributed by atoms with Gasteiger partial charge in [-0.05, 0) is 45.0 Å². The normalized spacial score (nSPS) is 18.3. The van der Waals surface area contributed by atoms with Crippen molar-refractivity contribution in [2.24, 2.45) is 11.1 Å². The van der Waals surface area contributed by atoms with Gasteiger partial charge < -0.3 is 15.8 Å². The number of hydrogen-bond donors (Lipinski definition) is 2. The van der Waals surface area contributed by atoms with Crippen LogP contribution >= 0.6 is 0 Å². The SMILES string of the molecule is CC(C)(C)C(=O)OC1(c2ccc(CN)cc2)CCNCC1. The highest BCUT2D eigenvalue weighted by atomic mass is 16.6. The Morgan fingerprint density at radius 1 is 1.24 bits per heavy atom. The molecule has 0 saturated carbocycles. The number of carbonyl (C=O) groups excluding carboxylic acids is 1. The Labute approximate surface area is 127 Å². The zero-order valence-electron chi connectivity index (χ0n) is 13.2. The number of rotatable bonds is 3. The van der Waals surface area contributed by atoms with Crippen molar-refractivity contribution in [2.45, 2.75) is 45.8 Å². The minimum Gasteiger partial charge on any atom is -0.454 e. The maximum absolute atomic E-state index is 12.4. The molecule has 0 bridgehead atoms. The summed E-state index contributed by atoms with van der Waals surface area (Å²) < 4.78 is 5.99. The summed E-state index contributed by atoms with van der Waals surface area (Å²) >= 11 is 0. The molecular formula is C17H26N2O2. The molecule has 1 heterocycles. The Hall–Kier alpha value is -1.39. The van der Waals surface area contributed by atoms with Gasteiger partial charge in [0, 0.05) is 19.4 Å². The van der Waals surface area contributed by atoms with Crippen LogP contribution in [0.5, 0.6) is 0 Å². The van der Waals surface area contributed by atoms with E-state index in [0.29, 0.717) is 6.54 Å². The highest BCUT2D eigenvalue weighted by molar-refractivity contribution is 5.76. The van der Waals surface area contributed by atoms with Gasteiger partial charge in [-0.2, -0.15) is 0 Å². The average molecular weight is 290 g/mol. The summed E-state index contributed by atoms with van der Waals surface area (Å²) in [4.78, 5) is 12.4. The van der Waals surface area contributed by atoms with Crippen LogP contribution in [0.15, 0.2) is 24.3 Å². The summed E-state index contributed by atoms with van der Waals surface area (Å²) in [5.74, 6) is -0.146. The molecule has 116 valence electrons. The maximum Gasteiger partial charge on any atom is 0.312 e. The van der Waals surface area contributed by atoms with Gasteiger partial charge in [0.2, 0.25) is 0 Å². The lowest BCUT2D eigenvalue weighted by molar-refractivity contribution is -0.174. The topological polar surface area (TPSA) is 64.3 Å². The predicted molar refractivity (Wildman–Crippen MR) is 83.7 cm³/mol. The van der Waals surface area contributed by atoms with E-state index >= 15 is 0 Å². The minimum absolute atomic E-state index is 0.146. The van der Waals surface area contributed by atoms with Crippen molar-refractivity contribution in [3.05, 3.63) is 35.4 Å². The van der Waals surface area contributed by atoms with Crippen molar-refractivity contribution in [1.29, 1.82) is 0 Å². The molecule has 2 rings (SSSR count). The third-order valence-electron chi connectivity index (χ3n) is 4.03. The van der Waals surface area contributed by atoms with Crippen LogP contribution in [-0.4, -0.2) is 19.1 Å². The van der Waals surface area contributed by atoms with Crippen LogP contribution in [0, 0.1) is 5.41 Å². The Morgan fingerprint density at radius 3 is 2.29 bits per heavy atom. The summed E-state index contributed by atoms with van der Waals surface area (Å²) in [5.41, 5.74) is 6.81. The van der Waals surface area contributed by atoms with E-state index in [1.165, 1.54) is 0 Å². The quantitative estimate of drug-likeness (QED) is 0.839. The fourth-order valence-corrected chi connectivity index (χ4v) is 2.56. The maximum atomic E-state index is 12.4. The lowest BCUT2D eigenvalue weighted by Crippen LogP contribution is -2.45. The van der Waals surface area contributed by atoms with E-state index in [4.69, 9.17) is 10.5 Å². The van der Waals surface area contributed by atoms with Crippen LogP contribution < -0.4 is 11.1 Å². The van der Waals surface area contributed by atoms with E-state index in [2.05, 4.69) is 5.32 Å². The average Bonchev–Trinajstić information content (AvgIpc) is 2.47. The second-order valence-corrected chi connectivity index (χ2v) is 6.78. The number of ether oxygens (including phenoxy) is 1. The molecule has 0 atom stereocenters. The lowest BCUT2D eigenvalue weighted by Gasteiger charge is -2.39. The zero-order chi connectivity index (χ0) is 15.5. The third-order valence-corrected chi connectivity index (χ3v) is 4.03. The first-order valence-corrected chi connectivity index (χ1v) is 7.61. The van der Waals surface area contributed by atoms with Gasteiger partial charge in [-0.3, -0.25) is 4.79 Å². The van der Waals surface area contributed by atoms with Crippen molar-refractivity contribution in [3.8, 4) is 0 Å². The van der Waals surface area contributed by atoms with Crippen molar-refractivity contribution in [1.82, 2.24) is 5.32 Å². The minimum atomic E-state index is -0.511. The van der Waals surface area contributed by atoms with Gasteiger partial charge in [0.15, 0.2) is 0 Å². The molecule has 21 heavy (non-hydrogen) atoms. The first kappa shape index (κ1) is 16.0. The van der Waals surface area contributed by atoms with Gasteiger partial charge in [-0.1, -0.05) is 24.3 Å². The fourth-order valence-electron chi connectivity index (χ4n) is 2.56. The third kappa shape index (κ3) is 3.63. The molecule has 1 saturated heterocycles. The molecule has 0 amide bonds. The van der Waals surface area contributed by atoms with Gasteiger partial charge in [0.05, 0.1) is 5.41 Å². The first-order chi connectivity index (χ1) is 9.87. The Bertz CT molecular complexity index is 483. The summed E-state index contributed by atoms with van der Waals surface area (Å²) in [6.45, 7) is 7.91. The molecule has 1 aromatic rings. The molecule has 4 heteroatoms. The van der Waals surface area contributed by atoms with E-state index in [-0.39, 0.29) is 5.97 Å². The lowest BCUT2D eigenvalue weighted by atomic mass is 9.83. The first-order valence-electron chi connectivity index (χ1n) is 7.61. The highest BCUT2D eigenvalue weighted by Gasteiger charge is 2.40. The van der Waals surface area contributed by atoms with Gasteiger partial charge in [-0.15, -0.1) is 0 Å². The van der Waals surface area contributed by atoms with Crippen LogP contribution in [0.1, 0.15) is 44.7 Å².